The van der Waals surface area contributed by atoms with Crippen molar-refractivity contribution in [2.75, 3.05) is 0 Å². The lowest BCUT2D eigenvalue weighted by Crippen LogP contribution is -2.10. The molecule has 0 radical (unpaired) electrons. The number of halogens is 3. The molecule has 0 N–H and O–H groups in total. The fourth-order valence-corrected chi connectivity index (χ4v) is 2.71. The summed E-state index contributed by atoms with van der Waals surface area (Å²) in [6, 6.07) is 5.11. The summed E-state index contributed by atoms with van der Waals surface area (Å²) in [6.45, 7) is 4.19. The molecule has 0 amide bonds. The van der Waals surface area contributed by atoms with E-state index in [0.717, 1.165) is 22.9 Å². The van der Waals surface area contributed by atoms with Crippen LogP contribution in [0.5, 0.6) is 0 Å². The molecule has 2 atom stereocenters. The molecule has 0 aliphatic heterocycles. The third-order valence-corrected chi connectivity index (χ3v) is 4.30. The summed E-state index contributed by atoms with van der Waals surface area (Å²) in [5, 5.41) is 0. The summed E-state index contributed by atoms with van der Waals surface area (Å²) in [4.78, 5) is 0.339. The molecule has 84 valence electrons. The molecule has 0 heterocycles. The molecule has 1 rings (SSSR count). The highest BCUT2D eigenvalue weighted by Crippen LogP contribution is 2.31. The molecular weight excluding hydrogens is 323 g/mol. The summed E-state index contributed by atoms with van der Waals surface area (Å²) in [5.41, 5.74) is 0.778. The average Bonchev–Trinajstić information content (AvgIpc) is 2.21. The molecule has 0 saturated carbocycles. The minimum absolute atomic E-state index is 0.119. The quantitative estimate of drug-likeness (QED) is 0.658. The molecule has 15 heavy (non-hydrogen) atoms. The summed E-state index contributed by atoms with van der Waals surface area (Å²) in [5.74, 6) is 0.0775. The van der Waals surface area contributed by atoms with Crippen LogP contribution in [-0.4, -0.2) is 4.83 Å². The molecule has 0 saturated heterocycles. The number of hydrogen-bond acceptors (Lipinski definition) is 0. The Kier molecular flexibility index (Phi) is 5.27. The first-order chi connectivity index (χ1) is 7.06. The second-order valence-corrected chi connectivity index (χ2v) is 5.85. The van der Waals surface area contributed by atoms with E-state index < -0.39 is 0 Å². The Morgan fingerprint density at radius 1 is 1.40 bits per heavy atom. The topological polar surface area (TPSA) is 0 Å². The van der Waals surface area contributed by atoms with E-state index in [9.17, 15) is 4.39 Å². The van der Waals surface area contributed by atoms with Crippen molar-refractivity contribution >= 4 is 31.9 Å². The SMILES string of the molecule is CCCC(Br)C(C)c1cc(Br)ccc1F. The maximum Gasteiger partial charge on any atom is 0.126 e. The zero-order valence-electron chi connectivity index (χ0n) is 8.93. The minimum atomic E-state index is -0.119. The fraction of sp³-hybridized carbons (Fsp3) is 0.500. The van der Waals surface area contributed by atoms with E-state index in [4.69, 9.17) is 0 Å². The van der Waals surface area contributed by atoms with E-state index in [1.165, 1.54) is 6.07 Å². The molecule has 1 aromatic rings. The normalized spacial score (nSPS) is 15.0. The molecule has 2 unspecified atom stereocenters. The highest BCUT2D eigenvalue weighted by molar-refractivity contribution is 9.10. The van der Waals surface area contributed by atoms with Gasteiger partial charge in [-0.1, -0.05) is 52.1 Å². The van der Waals surface area contributed by atoms with Crippen LogP contribution in [-0.2, 0) is 0 Å². The van der Waals surface area contributed by atoms with Gasteiger partial charge in [-0.3, -0.25) is 0 Å². The van der Waals surface area contributed by atoms with E-state index in [0.29, 0.717) is 4.83 Å². The van der Waals surface area contributed by atoms with Gasteiger partial charge in [-0.15, -0.1) is 0 Å². The monoisotopic (exact) mass is 336 g/mol. The van der Waals surface area contributed by atoms with Crippen LogP contribution in [0.25, 0.3) is 0 Å². The summed E-state index contributed by atoms with van der Waals surface area (Å²) in [7, 11) is 0. The number of benzene rings is 1. The Bertz CT molecular complexity index is 325. The molecule has 0 aliphatic carbocycles. The van der Waals surface area contributed by atoms with Gasteiger partial charge in [0.1, 0.15) is 5.82 Å². The van der Waals surface area contributed by atoms with Crippen LogP contribution in [0.2, 0.25) is 0 Å². The van der Waals surface area contributed by atoms with Crippen LogP contribution < -0.4 is 0 Å². The number of alkyl halides is 1. The van der Waals surface area contributed by atoms with Crippen LogP contribution in [0.4, 0.5) is 4.39 Å². The van der Waals surface area contributed by atoms with Gasteiger partial charge >= 0.3 is 0 Å². The van der Waals surface area contributed by atoms with Gasteiger partial charge in [-0.25, -0.2) is 4.39 Å². The van der Waals surface area contributed by atoms with E-state index in [1.807, 2.05) is 6.07 Å². The van der Waals surface area contributed by atoms with Gasteiger partial charge in [-0.05, 0) is 36.1 Å². The molecule has 1 aromatic carbocycles. The summed E-state index contributed by atoms with van der Waals surface area (Å²) >= 11 is 6.99. The zero-order chi connectivity index (χ0) is 11.4. The lowest BCUT2D eigenvalue weighted by Gasteiger charge is -2.19. The van der Waals surface area contributed by atoms with Crippen LogP contribution in [0.15, 0.2) is 22.7 Å². The van der Waals surface area contributed by atoms with Crippen molar-refractivity contribution in [1.82, 2.24) is 0 Å². The standard InChI is InChI=1S/C12H15Br2F/c1-3-4-11(14)8(2)10-7-9(13)5-6-12(10)15/h5-8,11H,3-4H2,1-2H3. The molecule has 0 aliphatic rings. The van der Waals surface area contributed by atoms with E-state index in [1.54, 1.807) is 6.07 Å². The average molecular weight is 338 g/mol. The van der Waals surface area contributed by atoms with Gasteiger partial charge in [0, 0.05) is 9.30 Å². The summed E-state index contributed by atoms with van der Waals surface area (Å²) in [6.07, 6.45) is 2.17. The third kappa shape index (κ3) is 3.56. The predicted molar refractivity (Wildman–Crippen MR) is 70.1 cm³/mol. The molecule has 0 bridgehead atoms. The van der Waals surface area contributed by atoms with Crippen LogP contribution in [0.3, 0.4) is 0 Å². The Morgan fingerprint density at radius 2 is 2.07 bits per heavy atom. The summed E-state index contributed by atoms with van der Waals surface area (Å²) < 4.78 is 14.5. The van der Waals surface area contributed by atoms with Gasteiger partial charge in [0.2, 0.25) is 0 Å². The Labute approximate surface area is 108 Å². The van der Waals surface area contributed by atoms with E-state index in [-0.39, 0.29) is 11.7 Å². The van der Waals surface area contributed by atoms with Gasteiger partial charge in [0.15, 0.2) is 0 Å². The van der Waals surface area contributed by atoms with Gasteiger partial charge in [0.25, 0.3) is 0 Å². The Morgan fingerprint density at radius 3 is 2.67 bits per heavy atom. The van der Waals surface area contributed by atoms with Crippen LogP contribution in [0.1, 0.15) is 38.2 Å². The van der Waals surface area contributed by atoms with E-state index in [2.05, 4.69) is 45.7 Å². The van der Waals surface area contributed by atoms with E-state index >= 15 is 0 Å². The van der Waals surface area contributed by atoms with Gasteiger partial charge in [0.05, 0.1) is 0 Å². The third-order valence-electron chi connectivity index (χ3n) is 2.56. The van der Waals surface area contributed by atoms with Crippen molar-refractivity contribution in [2.24, 2.45) is 0 Å². The van der Waals surface area contributed by atoms with Crippen molar-refractivity contribution in [3.63, 3.8) is 0 Å². The molecule has 0 nitrogen and oxygen atoms in total. The first-order valence-electron chi connectivity index (χ1n) is 5.15. The minimum Gasteiger partial charge on any atom is -0.207 e. The first kappa shape index (κ1) is 13.2. The number of rotatable bonds is 4. The molecular formula is C12H15Br2F. The van der Waals surface area contributed by atoms with Crippen molar-refractivity contribution in [1.29, 1.82) is 0 Å². The highest BCUT2D eigenvalue weighted by atomic mass is 79.9. The van der Waals surface area contributed by atoms with Gasteiger partial charge < -0.3 is 0 Å². The predicted octanol–water partition coefficient (Wildman–Crippen LogP) is 5.26. The molecule has 0 spiro atoms. The van der Waals surface area contributed by atoms with Crippen molar-refractivity contribution in [3.05, 3.63) is 34.1 Å². The molecule has 0 fully saturated rings. The highest BCUT2D eigenvalue weighted by Gasteiger charge is 2.18. The van der Waals surface area contributed by atoms with Crippen molar-refractivity contribution in [3.8, 4) is 0 Å². The Balaban J connectivity index is 2.89. The van der Waals surface area contributed by atoms with Crippen LogP contribution in [0, 0.1) is 5.82 Å². The Hall–Kier alpha value is 0.110. The zero-order valence-corrected chi connectivity index (χ0v) is 12.1. The largest absolute Gasteiger partial charge is 0.207 e. The van der Waals surface area contributed by atoms with Crippen LogP contribution >= 0.6 is 31.9 Å². The second-order valence-electron chi connectivity index (χ2n) is 3.76. The van der Waals surface area contributed by atoms with Crippen molar-refractivity contribution < 1.29 is 4.39 Å². The molecule has 0 aromatic heterocycles. The fourth-order valence-electron chi connectivity index (χ4n) is 1.58. The number of hydrogen-bond donors (Lipinski definition) is 0. The smallest absolute Gasteiger partial charge is 0.126 e. The first-order valence-corrected chi connectivity index (χ1v) is 6.86. The molecule has 3 heteroatoms. The maximum absolute atomic E-state index is 13.6. The van der Waals surface area contributed by atoms with Gasteiger partial charge in [-0.2, -0.15) is 0 Å². The lowest BCUT2D eigenvalue weighted by molar-refractivity contribution is 0.570. The van der Waals surface area contributed by atoms with Crippen molar-refractivity contribution in [2.45, 2.75) is 37.4 Å². The second kappa shape index (κ2) is 6.00. The maximum atomic E-state index is 13.6. The lowest BCUT2D eigenvalue weighted by atomic mass is 9.95.